The lowest BCUT2D eigenvalue weighted by Crippen LogP contribution is -2.43. The predicted octanol–water partition coefficient (Wildman–Crippen LogP) is 5.13. The van der Waals surface area contributed by atoms with Crippen LogP contribution in [0.15, 0.2) is 30.5 Å². The van der Waals surface area contributed by atoms with Crippen LogP contribution in [0.2, 0.25) is 0 Å². The van der Waals surface area contributed by atoms with Crippen LogP contribution in [0.25, 0.3) is 32.9 Å². The zero-order valence-corrected chi connectivity index (χ0v) is 23.9. The first-order valence-electron chi connectivity index (χ1n) is 15.0. The molecule has 2 bridgehead atoms. The largest absolute Gasteiger partial charge is 0.508 e. The van der Waals surface area contributed by atoms with Crippen molar-refractivity contribution in [3.05, 3.63) is 47.7 Å². The van der Waals surface area contributed by atoms with E-state index in [4.69, 9.17) is 20.9 Å². The highest BCUT2D eigenvalue weighted by Crippen LogP contribution is 2.42. The van der Waals surface area contributed by atoms with Crippen molar-refractivity contribution >= 4 is 27.5 Å². The van der Waals surface area contributed by atoms with E-state index in [0.717, 1.165) is 32.2 Å². The monoisotopic (exact) mass is 601 g/mol. The van der Waals surface area contributed by atoms with Crippen molar-refractivity contribution in [2.45, 2.75) is 56.0 Å². The second-order valence-electron chi connectivity index (χ2n) is 12.4. The average molecular weight is 602 g/mol. The van der Waals surface area contributed by atoms with Gasteiger partial charge in [0, 0.05) is 36.7 Å². The highest BCUT2D eigenvalue weighted by molar-refractivity contribution is 6.03. The third-order valence-corrected chi connectivity index (χ3v) is 9.79. The van der Waals surface area contributed by atoms with E-state index in [9.17, 15) is 13.9 Å². The van der Waals surface area contributed by atoms with Gasteiger partial charge in [0.2, 0.25) is 0 Å². The molecule has 0 amide bonds. The van der Waals surface area contributed by atoms with Crippen LogP contribution >= 0.6 is 0 Å². The standard InChI is InChI=1S/C33H30F3N5O3/c1-2-23-26(35)5-4-18-10-21(42)12-24(27(18)23)29-28(36)30-25(14-37-29)31(41-9-6-22-11-20(41)16-43-22)39-32(38-30)44-17-33-7-3-8-40(33)15-19(34)13-33/h1,4-5,10,12,14,19-20,22,42H,3,6-9,11,13,15-17H2/t19-,20-,22+,33+/m1/s1. The summed E-state index contributed by atoms with van der Waals surface area (Å²) in [5.41, 5.74) is -0.524. The molecule has 6 heterocycles. The number of benzene rings is 2. The summed E-state index contributed by atoms with van der Waals surface area (Å²) in [6, 6.07) is 5.50. The number of halogens is 3. The van der Waals surface area contributed by atoms with Crippen molar-refractivity contribution in [1.82, 2.24) is 19.9 Å². The number of phenols is 1. The Balaban J connectivity index is 1.28. The normalized spacial score (nSPS) is 26.4. The molecule has 226 valence electrons. The molecule has 44 heavy (non-hydrogen) atoms. The molecule has 0 radical (unpaired) electrons. The fourth-order valence-corrected chi connectivity index (χ4v) is 7.74. The number of hydrogen-bond acceptors (Lipinski definition) is 8. The summed E-state index contributed by atoms with van der Waals surface area (Å²) in [7, 11) is 0. The molecule has 0 aliphatic carbocycles. The topological polar surface area (TPSA) is 83.8 Å². The number of anilines is 1. The molecule has 2 aromatic carbocycles. The Morgan fingerprint density at radius 1 is 1.20 bits per heavy atom. The number of rotatable bonds is 5. The number of aromatic hydroxyl groups is 1. The number of piperidine rings is 1. The Morgan fingerprint density at radius 2 is 2.09 bits per heavy atom. The molecule has 4 saturated heterocycles. The summed E-state index contributed by atoms with van der Waals surface area (Å²) in [4.78, 5) is 18.0. The molecule has 0 spiro atoms. The third kappa shape index (κ3) is 4.26. The van der Waals surface area contributed by atoms with Crippen LogP contribution in [0.4, 0.5) is 19.0 Å². The SMILES string of the molecule is C#Cc1c(F)ccc2cc(O)cc(-c3ncc4c(N5CC[C@H]6C[C@@H]5CO6)nc(OC[C@@]56CCCN5C[C@H](F)C6)nc4c3F)c12. The number of aromatic nitrogens is 3. The highest BCUT2D eigenvalue weighted by atomic mass is 19.1. The highest BCUT2D eigenvalue weighted by Gasteiger charge is 2.49. The first-order chi connectivity index (χ1) is 21.3. The predicted molar refractivity (Wildman–Crippen MR) is 158 cm³/mol. The maximum Gasteiger partial charge on any atom is 0.319 e. The third-order valence-electron chi connectivity index (χ3n) is 9.79. The van der Waals surface area contributed by atoms with E-state index >= 15 is 4.39 Å². The Morgan fingerprint density at radius 3 is 2.95 bits per heavy atom. The summed E-state index contributed by atoms with van der Waals surface area (Å²) >= 11 is 0. The number of alkyl halides is 1. The fraction of sp³-hybridized carbons (Fsp3) is 0.424. The minimum atomic E-state index is -0.920. The lowest BCUT2D eigenvalue weighted by molar-refractivity contribution is 0.107. The molecule has 4 aliphatic heterocycles. The number of phenolic OH excluding ortho intramolecular Hbond substituents is 1. The molecule has 11 heteroatoms. The smallest absolute Gasteiger partial charge is 0.319 e. The lowest BCUT2D eigenvalue weighted by Gasteiger charge is -2.34. The zero-order valence-electron chi connectivity index (χ0n) is 23.9. The van der Waals surface area contributed by atoms with E-state index in [1.54, 1.807) is 0 Å². The Hall–Kier alpha value is -4.14. The molecular weight excluding hydrogens is 571 g/mol. The second kappa shape index (κ2) is 10.2. The molecule has 4 aliphatic rings. The minimum absolute atomic E-state index is 0.00996. The van der Waals surface area contributed by atoms with Gasteiger partial charge in [-0.05, 0) is 55.8 Å². The number of hydrogen-bond donors (Lipinski definition) is 1. The minimum Gasteiger partial charge on any atom is -0.508 e. The number of nitrogens with zero attached hydrogens (tertiary/aromatic N) is 5. The van der Waals surface area contributed by atoms with Gasteiger partial charge in [0.1, 0.15) is 41.4 Å². The van der Waals surface area contributed by atoms with E-state index in [-0.39, 0.29) is 58.2 Å². The van der Waals surface area contributed by atoms with Gasteiger partial charge in [-0.25, -0.2) is 13.2 Å². The van der Waals surface area contributed by atoms with Gasteiger partial charge in [-0.1, -0.05) is 12.0 Å². The van der Waals surface area contributed by atoms with Crippen molar-refractivity contribution < 1.29 is 27.8 Å². The zero-order chi connectivity index (χ0) is 30.2. The Kier molecular flexibility index (Phi) is 6.36. The van der Waals surface area contributed by atoms with Gasteiger partial charge < -0.3 is 19.5 Å². The maximum absolute atomic E-state index is 16.7. The van der Waals surface area contributed by atoms with E-state index in [0.29, 0.717) is 42.7 Å². The van der Waals surface area contributed by atoms with Gasteiger partial charge in [-0.15, -0.1) is 6.42 Å². The van der Waals surface area contributed by atoms with Gasteiger partial charge in [0.05, 0.1) is 35.2 Å². The van der Waals surface area contributed by atoms with Crippen molar-refractivity contribution in [2.75, 3.05) is 37.7 Å². The molecule has 4 aromatic rings. The molecule has 0 unspecified atom stereocenters. The fourth-order valence-electron chi connectivity index (χ4n) is 7.74. The molecule has 4 fully saturated rings. The van der Waals surface area contributed by atoms with Crippen LogP contribution in [0.5, 0.6) is 11.8 Å². The van der Waals surface area contributed by atoms with Crippen LogP contribution in [-0.4, -0.2) is 81.7 Å². The van der Waals surface area contributed by atoms with E-state index in [2.05, 4.69) is 25.7 Å². The summed E-state index contributed by atoms with van der Waals surface area (Å²) < 4.78 is 58.1. The van der Waals surface area contributed by atoms with Gasteiger partial charge in [0.15, 0.2) is 5.82 Å². The molecule has 4 atom stereocenters. The Labute approximate surface area is 251 Å². The lowest BCUT2D eigenvalue weighted by atomic mass is 9.95. The number of fused-ring (bicyclic) bond motifs is 5. The molecule has 8 nitrogen and oxygen atoms in total. The van der Waals surface area contributed by atoms with Gasteiger partial charge in [-0.2, -0.15) is 9.97 Å². The van der Waals surface area contributed by atoms with Crippen molar-refractivity contribution in [3.8, 4) is 35.4 Å². The van der Waals surface area contributed by atoms with E-state index < -0.39 is 23.3 Å². The number of terminal acetylenes is 1. The van der Waals surface area contributed by atoms with Gasteiger partial charge in [-0.3, -0.25) is 9.88 Å². The van der Waals surface area contributed by atoms with Crippen LogP contribution in [-0.2, 0) is 4.74 Å². The molecule has 0 saturated carbocycles. The molecule has 2 aromatic heterocycles. The van der Waals surface area contributed by atoms with Crippen LogP contribution in [0.1, 0.15) is 37.7 Å². The summed E-state index contributed by atoms with van der Waals surface area (Å²) in [5.74, 6) is 1.28. The summed E-state index contributed by atoms with van der Waals surface area (Å²) in [6.45, 7) is 2.58. The van der Waals surface area contributed by atoms with E-state index in [1.807, 2.05) is 0 Å². The Bertz CT molecular complexity index is 1870. The summed E-state index contributed by atoms with van der Waals surface area (Å²) in [6.07, 6.45) is 10.2. The van der Waals surface area contributed by atoms with Crippen LogP contribution < -0.4 is 9.64 Å². The van der Waals surface area contributed by atoms with E-state index in [1.165, 1.54) is 30.5 Å². The number of ether oxygens (including phenoxy) is 2. The first-order valence-corrected chi connectivity index (χ1v) is 15.0. The number of pyridine rings is 1. The quantitative estimate of drug-likeness (QED) is 0.315. The first kappa shape index (κ1) is 27.4. The molecule has 8 rings (SSSR count). The maximum atomic E-state index is 16.7. The van der Waals surface area contributed by atoms with Crippen molar-refractivity contribution in [3.63, 3.8) is 0 Å². The molecular formula is C33H30F3N5O3. The molecule has 1 N–H and O–H groups in total. The van der Waals surface area contributed by atoms with Crippen LogP contribution in [0.3, 0.4) is 0 Å². The van der Waals surface area contributed by atoms with Crippen molar-refractivity contribution in [1.29, 1.82) is 0 Å². The van der Waals surface area contributed by atoms with Crippen LogP contribution in [0, 0.1) is 24.0 Å². The second-order valence-corrected chi connectivity index (χ2v) is 12.4. The van der Waals surface area contributed by atoms with Gasteiger partial charge in [0.25, 0.3) is 0 Å². The van der Waals surface area contributed by atoms with Crippen molar-refractivity contribution in [2.24, 2.45) is 0 Å². The van der Waals surface area contributed by atoms with Gasteiger partial charge >= 0.3 is 6.01 Å². The average Bonchev–Trinajstić information content (AvgIpc) is 3.67. The summed E-state index contributed by atoms with van der Waals surface area (Å²) in [5, 5.41) is 11.6.